The zero-order chi connectivity index (χ0) is 21.9. The number of non-ortho nitro benzene ring substituents is 1. The van der Waals surface area contributed by atoms with Crippen LogP contribution in [0.15, 0.2) is 48.5 Å². The molecule has 2 aromatic rings. The van der Waals surface area contributed by atoms with Gasteiger partial charge in [-0.15, -0.1) is 0 Å². The Morgan fingerprint density at radius 3 is 2.63 bits per heavy atom. The molecule has 0 saturated heterocycles. The van der Waals surface area contributed by atoms with Crippen molar-refractivity contribution in [3.05, 3.63) is 69.8 Å². The highest BCUT2D eigenvalue weighted by molar-refractivity contribution is 6.05. The molecular weight excluding hydrogens is 384 g/mol. The molecule has 0 aliphatic carbocycles. The number of nitro benzene ring substituents is 1. The molecule has 2 aromatic carbocycles. The number of benzene rings is 2. The van der Waals surface area contributed by atoms with E-state index < -0.39 is 10.9 Å². The summed E-state index contributed by atoms with van der Waals surface area (Å²) in [6, 6.07) is 12.6. The molecule has 1 N–H and O–H groups in total. The minimum atomic E-state index is -0.819. The van der Waals surface area contributed by atoms with Crippen LogP contribution in [0.4, 0.5) is 11.4 Å². The molecule has 7 heteroatoms. The van der Waals surface area contributed by atoms with Crippen LogP contribution < -0.4 is 4.74 Å². The number of allylic oxidation sites excluding steroid dienone is 1. The summed E-state index contributed by atoms with van der Waals surface area (Å²) in [7, 11) is 1.53. The minimum absolute atomic E-state index is 0.00673. The molecular formula is C23H25N2O5+. The molecule has 0 unspecified atom stereocenters. The average Bonchev–Trinajstić information content (AvgIpc) is 2.92. The van der Waals surface area contributed by atoms with Crippen LogP contribution >= 0.6 is 0 Å². The number of carboxylic acid groups (broad SMARTS) is 1. The number of hydrogen-bond acceptors (Lipinski definition) is 4. The maximum absolute atomic E-state index is 11.2. The van der Waals surface area contributed by atoms with Crippen molar-refractivity contribution in [2.24, 2.45) is 0 Å². The first kappa shape index (κ1) is 21.2. The van der Waals surface area contributed by atoms with Crippen molar-refractivity contribution in [2.45, 2.75) is 32.1 Å². The van der Waals surface area contributed by atoms with Crippen LogP contribution in [-0.4, -0.2) is 39.9 Å². The highest BCUT2D eigenvalue weighted by Crippen LogP contribution is 2.40. The summed E-state index contributed by atoms with van der Waals surface area (Å²) >= 11 is 0. The first-order valence-electron chi connectivity index (χ1n) is 9.72. The number of hydrogen-bond donors (Lipinski definition) is 1. The van der Waals surface area contributed by atoms with Crippen LogP contribution in [0.3, 0.4) is 0 Å². The fourth-order valence-electron chi connectivity index (χ4n) is 3.90. The molecule has 0 fully saturated rings. The van der Waals surface area contributed by atoms with Gasteiger partial charge in [-0.05, 0) is 26.0 Å². The van der Waals surface area contributed by atoms with Crippen molar-refractivity contribution in [1.29, 1.82) is 0 Å². The van der Waals surface area contributed by atoms with E-state index in [4.69, 9.17) is 9.84 Å². The van der Waals surface area contributed by atoms with E-state index in [1.54, 1.807) is 6.07 Å². The molecule has 0 bridgehead atoms. The van der Waals surface area contributed by atoms with E-state index in [1.807, 2.05) is 30.4 Å². The standard InChI is InChI=1S/C23H24N2O5/c1-23(2)18-7-4-5-8-19(18)24(14-6-9-22(26)27)21(23)13-10-16-15-17(25(28)29)11-12-20(16)30-3/h4-5,7-8,10-13,15H,6,9,14H2,1-3H3/p+1/b13-10+. The third kappa shape index (κ3) is 4.10. The fraction of sp³-hybridized carbons (Fsp3) is 0.304. The molecule has 1 aliphatic rings. The Morgan fingerprint density at radius 1 is 1.23 bits per heavy atom. The largest absolute Gasteiger partial charge is 0.496 e. The predicted octanol–water partition coefficient (Wildman–Crippen LogP) is 4.56. The van der Waals surface area contributed by atoms with Gasteiger partial charge in [-0.25, -0.2) is 0 Å². The molecule has 7 nitrogen and oxygen atoms in total. The summed E-state index contributed by atoms with van der Waals surface area (Å²) in [6.45, 7) is 4.80. The van der Waals surface area contributed by atoms with E-state index in [9.17, 15) is 14.9 Å². The quantitative estimate of drug-likeness (QED) is 0.392. The summed E-state index contributed by atoms with van der Waals surface area (Å²) in [6.07, 6.45) is 4.37. The number of ether oxygens (including phenoxy) is 1. The summed E-state index contributed by atoms with van der Waals surface area (Å²) in [5.41, 5.74) is 3.51. The van der Waals surface area contributed by atoms with E-state index in [0.717, 1.165) is 17.0 Å². The Kier molecular flexibility index (Phi) is 6.01. The number of nitro groups is 1. The summed E-state index contributed by atoms with van der Waals surface area (Å²) in [5.74, 6) is -0.275. The number of methoxy groups -OCH3 is 1. The lowest BCUT2D eigenvalue weighted by molar-refractivity contribution is -0.438. The van der Waals surface area contributed by atoms with Gasteiger partial charge in [-0.2, -0.15) is 4.58 Å². The average molecular weight is 409 g/mol. The van der Waals surface area contributed by atoms with Gasteiger partial charge in [0.05, 0.1) is 23.9 Å². The number of fused-ring (bicyclic) bond motifs is 1. The highest BCUT2D eigenvalue weighted by atomic mass is 16.6. The zero-order valence-corrected chi connectivity index (χ0v) is 17.3. The van der Waals surface area contributed by atoms with E-state index in [-0.39, 0.29) is 17.5 Å². The van der Waals surface area contributed by atoms with E-state index in [0.29, 0.717) is 24.3 Å². The zero-order valence-electron chi connectivity index (χ0n) is 17.3. The van der Waals surface area contributed by atoms with Gasteiger partial charge < -0.3 is 9.84 Å². The number of rotatable bonds is 8. The van der Waals surface area contributed by atoms with Crippen LogP contribution in [-0.2, 0) is 10.2 Å². The Morgan fingerprint density at radius 2 is 1.97 bits per heavy atom. The number of nitrogens with zero attached hydrogens (tertiary/aromatic N) is 2. The number of carboxylic acids is 1. The van der Waals surface area contributed by atoms with Gasteiger partial charge in [0.15, 0.2) is 5.71 Å². The fourth-order valence-corrected chi connectivity index (χ4v) is 3.90. The van der Waals surface area contributed by atoms with Crippen molar-refractivity contribution in [3.63, 3.8) is 0 Å². The van der Waals surface area contributed by atoms with Crippen molar-refractivity contribution >= 4 is 29.1 Å². The number of para-hydroxylation sites is 1. The van der Waals surface area contributed by atoms with Crippen molar-refractivity contribution in [2.75, 3.05) is 13.7 Å². The molecule has 30 heavy (non-hydrogen) atoms. The molecule has 0 radical (unpaired) electrons. The Hall–Kier alpha value is -3.48. The molecule has 156 valence electrons. The van der Waals surface area contributed by atoms with Gasteiger partial charge in [-0.1, -0.05) is 18.2 Å². The smallest absolute Gasteiger partial charge is 0.303 e. The second-order valence-electron chi connectivity index (χ2n) is 7.69. The third-order valence-corrected chi connectivity index (χ3v) is 5.42. The van der Waals surface area contributed by atoms with Crippen LogP contribution in [0, 0.1) is 10.1 Å². The minimum Gasteiger partial charge on any atom is -0.496 e. The van der Waals surface area contributed by atoms with Crippen LogP contribution in [0.25, 0.3) is 6.08 Å². The van der Waals surface area contributed by atoms with Crippen molar-refractivity contribution in [1.82, 2.24) is 0 Å². The Labute approximate surface area is 175 Å². The molecule has 0 atom stereocenters. The summed E-state index contributed by atoms with van der Waals surface area (Å²) in [5, 5.41) is 20.2. The molecule has 0 aromatic heterocycles. The summed E-state index contributed by atoms with van der Waals surface area (Å²) < 4.78 is 7.50. The lowest BCUT2D eigenvalue weighted by Gasteiger charge is -2.15. The second kappa shape index (κ2) is 8.49. The predicted molar refractivity (Wildman–Crippen MR) is 115 cm³/mol. The normalized spacial score (nSPS) is 14.8. The molecule has 0 saturated carbocycles. The van der Waals surface area contributed by atoms with Gasteiger partial charge in [-0.3, -0.25) is 14.9 Å². The Balaban J connectivity index is 2.06. The molecule has 3 rings (SSSR count). The molecule has 0 amide bonds. The number of aliphatic carboxylic acids is 1. The van der Waals surface area contributed by atoms with Crippen LogP contribution in [0.1, 0.15) is 37.8 Å². The summed E-state index contributed by atoms with van der Waals surface area (Å²) in [4.78, 5) is 21.7. The SMILES string of the molecule is COc1ccc([N+](=O)[O-])cc1/C=C/C1=[N+](CCCC(=O)O)c2ccccc2C1(C)C. The third-order valence-electron chi connectivity index (χ3n) is 5.42. The first-order chi connectivity index (χ1) is 14.3. The van der Waals surface area contributed by atoms with E-state index in [2.05, 4.69) is 24.5 Å². The highest BCUT2D eigenvalue weighted by Gasteiger charge is 2.43. The van der Waals surface area contributed by atoms with Gasteiger partial charge in [0, 0.05) is 41.8 Å². The van der Waals surface area contributed by atoms with E-state index in [1.165, 1.54) is 19.2 Å². The van der Waals surface area contributed by atoms with Crippen LogP contribution in [0.5, 0.6) is 5.75 Å². The van der Waals surface area contributed by atoms with E-state index >= 15 is 0 Å². The van der Waals surface area contributed by atoms with Crippen LogP contribution in [0.2, 0.25) is 0 Å². The Bertz CT molecular complexity index is 1050. The first-order valence-corrected chi connectivity index (χ1v) is 9.72. The maximum Gasteiger partial charge on any atom is 0.303 e. The molecule has 1 heterocycles. The topological polar surface area (TPSA) is 92.7 Å². The number of carbonyl (C=O) groups is 1. The van der Waals surface area contributed by atoms with Gasteiger partial charge in [0.2, 0.25) is 5.69 Å². The maximum atomic E-state index is 11.2. The lowest BCUT2D eigenvalue weighted by Crippen LogP contribution is -2.28. The lowest BCUT2D eigenvalue weighted by atomic mass is 9.81. The monoisotopic (exact) mass is 409 g/mol. The van der Waals surface area contributed by atoms with Crippen molar-refractivity contribution in [3.8, 4) is 5.75 Å². The van der Waals surface area contributed by atoms with Gasteiger partial charge in [0.25, 0.3) is 5.69 Å². The second-order valence-corrected chi connectivity index (χ2v) is 7.69. The molecule has 0 spiro atoms. The van der Waals surface area contributed by atoms with Crippen molar-refractivity contribution < 1.29 is 24.1 Å². The molecule has 1 aliphatic heterocycles. The van der Waals surface area contributed by atoms with Gasteiger partial charge in [0.1, 0.15) is 12.3 Å². The van der Waals surface area contributed by atoms with Gasteiger partial charge >= 0.3 is 5.97 Å².